The summed E-state index contributed by atoms with van der Waals surface area (Å²) in [6.07, 6.45) is 4.10. The Bertz CT molecular complexity index is 448. The van der Waals surface area contributed by atoms with Gasteiger partial charge in [-0.1, -0.05) is 13.8 Å². The number of nitrogens with zero attached hydrogens (tertiary/aromatic N) is 2. The molecule has 5 nitrogen and oxygen atoms in total. The van der Waals surface area contributed by atoms with Gasteiger partial charge < -0.3 is 4.90 Å². The van der Waals surface area contributed by atoms with Gasteiger partial charge in [-0.25, -0.2) is 12.7 Å². The summed E-state index contributed by atoms with van der Waals surface area (Å²) in [4.78, 5) is 14.0. The van der Waals surface area contributed by atoms with Crippen LogP contribution in [0.1, 0.15) is 46.0 Å². The fraction of sp³-hybridized carbons (Fsp3) is 0.933. The maximum atomic E-state index is 12.2. The lowest BCUT2D eigenvalue weighted by Gasteiger charge is -2.34. The van der Waals surface area contributed by atoms with E-state index in [4.69, 9.17) is 0 Å². The van der Waals surface area contributed by atoms with Gasteiger partial charge in [0.2, 0.25) is 15.9 Å². The first-order valence-corrected chi connectivity index (χ1v) is 9.76. The zero-order valence-electron chi connectivity index (χ0n) is 13.3. The van der Waals surface area contributed by atoms with E-state index in [2.05, 4.69) is 13.8 Å². The van der Waals surface area contributed by atoms with Crippen molar-refractivity contribution in [3.05, 3.63) is 0 Å². The molecule has 0 unspecified atom stereocenters. The summed E-state index contributed by atoms with van der Waals surface area (Å²) in [5.74, 6) is 1.33. The number of sulfonamides is 1. The van der Waals surface area contributed by atoms with Gasteiger partial charge in [0, 0.05) is 32.6 Å². The topological polar surface area (TPSA) is 57.7 Å². The number of piperidine rings is 1. The van der Waals surface area contributed by atoms with Crippen LogP contribution in [0.15, 0.2) is 0 Å². The Morgan fingerprint density at radius 2 is 1.67 bits per heavy atom. The zero-order chi connectivity index (χ0) is 15.5. The van der Waals surface area contributed by atoms with Crippen LogP contribution in [0.2, 0.25) is 0 Å². The molecule has 0 bridgehead atoms. The lowest BCUT2D eigenvalue weighted by Crippen LogP contribution is -2.41. The fourth-order valence-electron chi connectivity index (χ4n) is 3.29. The summed E-state index contributed by atoms with van der Waals surface area (Å²) in [6, 6.07) is 0. The van der Waals surface area contributed by atoms with Crippen molar-refractivity contribution in [1.29, 1.82) is 0 Å². The predicted molar refractivity (Wildman–Crippen MR) is 83.4 cm³/mol. The summed E-state index contributed by atoms with van der Waals surface area (Å²) in [5.41, 5.74) is 0. The minimum atomic E-state index is -3.23. The molecule has 0 spiro atoms. The Kier molecular flexibility index (Phi) is 5.66. The molecule has 2 aliphatic rings. The van der Waals surface area contributed by atoms with Crippen molar-refractivity contribution in [3.63, 3.8) is 0 Å². The Morgan fingerprint density at radius 1 is 1.10 bits per heavy atom. The maximum absolute atomic E-state index is 12.2. The van der Waals surface area contributed by atoms with Crippen LogP contribution in [-0.2, 0) is 14.8 Å². The number of carbonyl (C=O) groups excluding carboxylic acids is 1. The molecule has 1 amide bonds. The Hall–Kier alpha value is -0.620. The SMILES string of the molecule is CC(C)C1CCN(C(=O)CCS(=O)(=O)N2CCCC2)CC1. The Labute approximate surface area is 128 Å². The van der Waals surface area contributed by atoms with Crippen LogP contribution >= 0.6 is 0 Å². The van der Waals surface area contributed by atoms with Gasteiger partial charge in [0.25, 0.3) is 0 Å². The van der Waals surface area contributed by atoms with Crippen molar-refractivity contribution >= 4 is 15.9 Å². The molecule has 2 fully saturated rings. The molecule has 21 heavy (non-hydrogen) atoms. The molecule has 2 saturated heterocycles. The van der Waals surface area contributed by atoms with Gasteiger partial charge in [-0.05, 0) is 37.5 Å². The van der Waals surface area contributed by atoms with Crippen molar-refractivity contribution in [2.45, 2.75) is 46.0 Å². The molecule has 0 radical (unpaired) electrons. The molecule has 0 aromatic heterocycles. The van der Waals surface area contributed by atoms with E-state index in [-0.39, 0.29) is 18.1 Å². The van der Waals surface area contributed by atoms with E-state index >= 15 is 0 Å². The van der Waals surface area contributed by atoms with Crippen LogP contribution < -0.4 is 0 Å². The second-order valence-corrected chi connectivity index (χ2v) is 8.72. The lowest BCUT2D eigenvalue weighted by atomic mass is 9.87. The van der Waals surface area contributed by atoms with Crippen molar-refractivity contribution in [2.75, 3.05) is 31.9 Å². The zero-order valence-corrected chi connectivity index (χ0v) is 14.1. The summed E-state index contributed by atoms with van der Waals surface area (Å²) >= 11 is 0. The Morgan fingerprint density at radius 3 is 2.19 bits per heavy atom. The smallest absolute Gasteiger partial charge is 0.223 e. The average Bonchev–Trinajstić information content (AvgIpc) is 3.00. The van der Waals surface area contributed by atoms with Crippen LogP contribution in [0, 0.1) is 11.8 Å². The third-order valence-electron chi connectivity index (χ3n) is 4.87. The first-order valence-electron chi connectivity index (χ1n) is 8.16. The minimum Gasteiger partial charge on any atom is -0.343 e. The molecule has 2 aliphatic heterocycles. The summed E-state index contributed by atoms with van der Waals surface area (Å²) in [7, 11) is -3.23. The standard InChI is InChI=1S/C15H28N2O3S/c1-13(2)14-5-10-16(11-6-14)15(18)7-12-21(19,20)17-8-3-4-9-17/h13-14H,3-12H2,1-2H3. The lowest BCUT2D eigenvalue weighted by molar-refractivity contribution is -0.132. The highest BCUT2D eigenvalue weighted by Gasteiger charge is 2.28. The molecule has 0 aromatic rings. The van der Waals surface area contributed by atoms with Crippen molar-refractivity contribution < 1.29 is 13.2 Å². The van der Waals surface area contributed by atoms with Gasteiger partial charge in [-0.2, -0.15) is 0 Å². The van der Waals surface area contributed by atoms with Crippen LogP contribution in [0.4, 0.5) is 0 Å². The monoisotopic (exact) mass is 316 g/mol. The minimum absolute atomic E-state index is 0.0000203. The normalized spacial score (nSPS) is 22.1. The number of hydrogen-bond donors (Lipinski definition) is 0. The fourth-order valence-corrected chi connectivity index (χ4v) is 4.79. The van der Waals surface area contributed by atoms with Crippen LogP contribution in [0.5, 0.6) is 0 Å². The molecule has 0 saturated carbocycles. The molecule has 0 atom stereocenters. The third kappa shape index (κ3) is 4.42. The van der Waals surface area contributed by atoms with E-state index in [1.165, 1.54) is 4.31 Å². The molecular formula is C15H28N2O3S. The first kappa shape index (κ1) is 16.7. The first-order chi connectivity index (χ1) is 9.90. The number of rotatable bonds is 5. The second kappa shape index (κ2) is 7.09. The summed E-state index contributed by atoms with van der Waals surface area (Å²) in [5, 5.41) is 0. The van der Waals surface area contributed by atoms with Crippen LogP contribution in [-0.4, -0.2) is 55.5 Å². The Balaban J connectivity index is 1.77. The van der Waals surface area contributed by atoms with Gasteiger partial charge in [0.1, 0.15) is 0 Å². The quantitative estimate of drug-likeness (QED) is 0.775. The van der Waals surface area contributed by atoms with E-state index in [0.717, 1.165) is 38.8 Å². The van der Waals surface area contributed by atoms with Gasteiger partial charge in [0.05, 0.1) is 5.75 Å². The van der Waals surface area contributed by atoms with E-state index in [1.807, 2.05) is 4.90 Å². The number of hydrogen-bond acceptors (Lipinski definition) is 3. The highest BCUT2D eigenvalue weighted by Crippen LogP contribution is 2.24. The van der Waals surface area contributed by atoms with E-state index in [1.54, 1.807) is 0 Å². The third-order valence-corrected chi connectivity index (χ3v) is 6.74. The second-order valence-electron chi connectivity index (χ2n) is 6.63. The van der Waals surface area contributed by atoms with E-state index < -0.39 is 10.0 Å². The van der Waals surface area contributed by atoms with E-state index in [9.17, 15) is 13.2 Å². The number of amides is 1. The van der Waals surface area contributed by atoms with Gasteiger partial charge in [-0.15, -0.1) is 0 Å². The predicted octanol–water partition coefficient (Wildman–Crippen LogP) is 1.70. The average molecular weight is 316 g/mol. The van der Waals surface area contributed by atoms with Gasteiger partial charge in [-0.3, -0.25) is 4.79 Å². The molecule has 6 heteroatoms. The van der Waals surface area contributed by atoms with Crippen LogP contribution in [0.25, 0.3) is 0 Å². The van der Waals surface area contributed by atoms with Crippen LogP contribution in [0.3, 0.4) is 0 Å². The van der Waals surface area contributed by atoms with Crippen molar-refractivity contribution in [3.8, 4) is 0 Å². The summed E-state index contributed by atoms with van der Waals surface area (Å²) < 4.78 is 25.8. The number of carbonyl (C=O) groups is 1. The molecule has 2 heterocycles. The molecular weight excluding hydrogens is 288 g/mol. The molecule has 0 N–H and O–H groups in total. The van der Waals surface area contributed by atoms with Crippen molar-refractivity contribution in [2.24, 2.45) is 11.8 Å². The van der Waals surface area contributed by atoms with Gasteiger partial charge in [0.15, 0.2) is 0 Å². The maximum Gasteiger partial charge on any atom is 0.223 e. The van der Waals surface area contributed by atoms with Crippen molar-refractivity contribution in [1.82, 2.24) is 9.21 Å². The number of likely N-dealkylation sites (tertiary alicyclic amines) is 1. The molecule has 122 valence electrons. The highest BCUT2D eigenvalue weighted by atomic mass is 32.2. The summed E-state index contributed by atoms with van der Waals surface area (Å²) in [6.45, 7) is 7.26. The molecule has 0 aromatic carbocycles. The molecule has 0 aliphatic carbocycles. The molecule has 2 rings (SSSR count). The van der Waals surface area contributed by atoms with Gasteiger partial charge >= 0.3 is 0 Å². The van der Waals surface area contributed by atoms with E-state index in [0.29, 0.717) is 24.9 Å². The highest BCUT2D eigenvalue weighted by molar-refractivity contribution is 7.89. The largest absolute Gasteiger partial charge is 0.343 e.